The summed E-state index contributed by atoms with van der Waals surface area (Å²) in [5.41, 5.74) is 2.27. The Morgan fingerprint density at radius 2 is 1.55 bits per heavy atom. The van der Waals surface area contributed by atoms with Crippen LogP contribution in [-0.4, -0.2) is 21.7 Å². The van der Waals surface area contributed by atoms with Gasteiger partial charge in [-0.15, -0.1) is 11.3 Å². The third-order valence-corrected chi connectivity index (χ3v) is 4.99. The molecule has 3 N–H and O–H groups in total. The lowest BCUT2D eigenvalue weighted by molar-refractivity contribution is 0.103. The number of thiophene rings is 1. The van der Waals surface area contributed by atoms with Crippen LogP contribution in [-0.2, 0) is 0 Å². The van der Waals surface area contributed by atoms with Crippen LogP contribution in [0.15, 0.2) is 85.2 Å². The fraction of sp³-hybridized carbons (Fsp3) is 0. The number of nitrogens with zero attached hydrogens (tertiary/aromatic N) is 2. The Labute approximate surface area is 171 Å². The fourth-order valence-corrected chi connectivity index (χ4v) is 3.43. The van der Waals surface area contributed by atoms with Gasteiger partial charge in [-0.2, -0.15) is 5.10 Å². The summed E-state index contributed by atoms with van der Waals surface area (Å²) in [5, 5.41) is 13.1. The number of amides is 3. The van der Waals surface area contributed by atoms with Gasteiger partial charge in [-0.25, -0.2) is 9.48 Å². The van der Waals surface area contributed by atoms with E-state index in [0.717, 1.165) is 5.69 Å². The molecule has 0 fully saturated rings. The lowest BCUT2D eigenvalue weighted by Crippen LogP contribution is -2.18. The second-order valence-electron chi connectivity index (χ2n) is 6.06. The van der Waals surface area contributed by atoms with Gasteiger partial charge >= 0.3 is 6.03 Å². The van der Waals surface area contributed by atoms with Crippen molar-refractivity contribution in [3.05, 3.63) is 90.1 Å². The Morgan fingerprint density at radius 1 is 0.793 bits per heavy atom. The molecule has 0 saturated heterocycles. The molecule has 2 heterocycles. The van der Waals surface area contributed by atoms with Crippen molar-refractivity contribution < 1.29 is 9.59 Å². The van der Waals surface area contributed by atoms with Crippen LogP contribution in [0.5, 0.6) is 0 Å². The molecule has 0 saturated carbocycles. The number of benzene rings is 2. The van der Waals surface area contributed by atoms with Crippen LogP contribution in [0.4, 0.5) is 21.2 Å². The van der Waals surface area contributed by atoms with E-state index in [-0.39, 0.29) is 11.9 Å². The molecule has 144 valence electrons. The van der Waals surface area contributed by atoms with Gasteiger partial charge in [0, 0.05) is 23.8 Å². The number of hydrogen-bond acceptors (Lipinski definition) is 4. The van der Waals surface area contributed by atoms with Gasteiger partial charge in [-0.1, -0.05) is 18.2 Å². The SMILES string of the molecule is O=C(Nc1ccccc1)Nc1ccc(C(=O)Nc2ccc(-n3cccn3)cc2)s1. The number of rotatable bonds is 5. The maximum Gasteiger partial charge on any atom is 0.324 e. The van der Waals surface area contributed by atoms with Crippen LogP contribution in [0.2, 0.25) is 0 Å². The first-order valence-corrected chi connectivity index (χ1v) is 9.63. The van der Waals surface area contributed by atoms with E-state index in [1.165, 1.54) is 11.3 Å². The monoisotopic (exact) mass is 403 g/mol. The highest BCUT2D eigenvalue weighted by molar-refractivity contribution is 7.18. The zero-order valence-electron chi connectivity index (χ0n) is 15.2. The van der Waals surface area contributed by atoms with Crippen LogP contribution in [0.3, 0.4) is 0 Å². The number of hydrogen-bond donors (Lipinski definition) is 3. The Bertz CT molecular complexity index is 1110. The van der Waals surface area contributed by atoms with Gasteiger partial charge in [-0.3, -0.25) is 10.1 Å². The minimum atomic E-state index is -0.362. The molecule has 3 amide bonds. The van der Waals surface area contributed by atoms with Gasteiger partial charge < -0.3 is 10.6 Å². The molecule has 0 aliphatic rings. The number of carbonyl (C=O) groups excluding carboxylic acids is 2. The quantitative estimate of drug-likeness (QED) is 0.446. The minimum absolute atomic E-state index is 0.238. The summed E-state index contributed by atoms with van der Waals surface area (Å²) in [6.45, 7) is 0. The molecule has 0 bridgehead atoms. The average molecular weight is 403 g/mol. The summed E-state index contributed by atoms with van der Waals surface area (Å²) in [6.07, 6.45) is 3.56. The van der Waals surface area contributed by atoms with E-state index < -0.39 is 0 Å². The number of nitrogens with one attached hydrogen (secondary N) is 3. The third kappa shape index (κ3) is 4.69. The molecule has 0 aliphatic heterocycles. The van der Waals surface area contributed by atoms with E-state index in [1.807, 2.05) is 54.7 Å². The van der Waals surface area contributed by atoms with Crippen molar-refractivity contribution in [2.75, 3.05) is 16.0 Å². The van der Waals surface area contributed by atoms with Gasteiger partial charge in [-0.05, 0) is 54.6 Å². The van der Waals surface area contributed by atoms with Crippen molar-refractivity contribution in [2.45, 2.75) is 0 Å². The van der Waals surface area contributed by atoms with Crippen LogP contribution in [0, 0.1) is 0 Å². The number of aromatic nitrogens is 2. The zero-order chi connectivity index (χ0) is 20.1. The fourth-order valence-electron chi connectivity index (χ4n) is 2.63. The summed E-state index contributed by atoms with van der Waals surface area (Å²) in [5.74, 6) is -0.238. The minimum Gasteiger partial charge on any atom is -0.321 e. The van der Waals surface area contributed by atoms with Crippen LogP contribution < -0.4 is 16.0 Å². The second kappa shape index (κ2) is 8.41. The molecule has 2 aromatic heterocycles. The maximum atomic E-state index is 12.5. The summed E-state index contributed by atoms with van der Waals surface area (Å²) < 4.78 is 1.74. The number of anilines is 3. The van der Waals surface area contributed by atoms with E-state index in [2.05, 4.69) is 21.0 Å². The number of carbonyl (C=O) groups is 2. The van der Waals surface area contributed by atoms with E-state index >= 15 is 0 Å². The zero-order valence-corrected chi connectivity index (χ0v) is 16.0. The van der Waals surface area contributed by atoms with Gasteiger partial charge in [0.05, 0.1) is 15.6 Å². The highest BCUT2D eigenvalue weighted by Gasteiger charge is 2.11. The Hall–Kier alpha value is -3.91. The van der Waals surface area contributed by atoms with Gasteiger partial charge in [0.1, 0.15) is 0 Å². The third-order valence-electron chi connectivity index (χ3n) is 3.99. The molecule has 0 spiro atoms. The molecule has 0 aliphatic carbocycles. The molecule has 8 heteroatoms. The number of urea groups is 1. The first kappa shape index (κ1) is 18.5. The topological polar surface area (TPSA) is 88.0 Å². The van der Waals surface area contributed by atoms with E-state index in [0.29, 0.717) is 21.3 Å². The maximum absolute atomic E-state index is 12.5. The molecule has 0 atom stereocenters. The first-order chi connectivity index (χ1) is 14.2. The Balaban J connectivity index is 1.35. The van der Waals surface area contributed by atoms with Crippen LogP contribution >= 0.6 is 11.3 Å². The van der Waals surface area contributed by atoms with Crippen molar-refractivity contribution in [2.24, 2.45) is 0 Å². The van der Waals surface area contributed by atoms with Crippen molar-refractivity contribution in [1.82, 2.24) is 9.78 Å². The summed E-state index contributed by atoms with van der Waals surface area (Å²) >= 11 is 1.20. The molecular weight excluding hydrogens is 386 g/mol. The molecular formula is C21H17N5O2S. The van der Waals surface area contributed by atoms with Gasteiger partial charge in [0.15, 0.2) is 0 Å². The van der Waals surface area contributed by atoms with E-state index in [9.17, 15) is 9.59 Å². The van der Waals surface area contributed by atoms with Crippen molar-refractivity contribution in [3.8, 4) is 5.69 Å². The number of para-hydroxylation sites is 1. The van der Waals surface area contributed by atoms with Crippen LogP contribution in [0.1, 0.15) is 9.67 Å². The van der Waals surface area contributed by atoms with Crippen LogP contribution in [0.25, 0.3) is 5.69 Å². The van der Waals surface area contributed by atoms with Gasteiger partial charge in [0.2, 0.25) is 0 Å². The Morgan fingerprint density at radius 3 is 2.28 bits per heavy atom. The molecule has 4 rings (SSSR count). The first-order valence-electron chi connectivity index (χ1n) is 8.82. The lowest BCUT2D eigenvalue weighted by Gasteiger charge is -2.06. The predicted octanol–water partition coefficient (Wildman–Crippen LogP) is 4.83. The second-order valence-corrected chi connectivity index (χ2v) is 7.14. The predicted molar refractivity (Wildman–Crippen MR) is 115 cm³/mol. The molecule has 29 heavy (non-hydrogen) atoms. The Kier molecular flexibility index (Phi) is 5.35. The van der Waals surface area contributed by atoms with E-state index in [4.69, 9.17) is 0 Å². The van der Waals surface area contributed by atoms with Crippen molar-refractivity contribution >= 4 is 39.7 Å². The highest BCUT2D eigenvalue weighted by Crippen LogP contribution is 2.23. The molecule has 0 unspecified atom stereocenters. The molecule has 7 nitrogen and oxygen atoms in total. The van der Waals surface area contributed by atoms with Gasteiger partial charge in [0.25, 0.3) is 5.91 Å². The summed E-state index contributed by atoms with van der Waals surface area (Å²) in [4.78, 5) is 25.0. The smallest absolute Gasteiger partial charge is 0.321 e. The largest absolute Gasteiger partial charge is 0.324 e. The van der Waals surface area contributed by atoms with Crippen molar-refractivity contribution in [3.63, 3.8) is 0 Å². The van der Waals surface area contributed by atoms with E-state index in [1.54, 1.807) is 35.1 Å². The molecule has 2 aromatic carbocycles. The highest BCUT2D eigenvalue weighted by atomic mass is 32.1. The molecule has 4 aromatic rings. The average Bonchev–Trinajstić information content (AvgIpc) is 3.41. The summed E-state index contributed by atoms with van der Waals surface area (Å²) in [6, 6.07) is 21.4. The molecule has 0 radical (unpaired) electrons. The normalized spacial score (nSPS) is 10.3. The summed E-state index contributed by atoms with van der Waals surface area (Å²) in [7, 11) is 0. The standard InChI is InChI=1S/C21H17N5O2S/c27-20(23-16-7-9-17(10-8-16)26-14-4-13-22-26)18-11-12-19(29-18)25-21(28)24-15-5-2-1-3-6-15/h1-14H,(H,23,27)(H2,24,25,28). The van der Waals surface area contributed by atoms with Crippen molar-refractivity contribution in [1.29, 1.82) is 0 Å². The lowest BCUT2D eigenvalue weighted by atomic mass is 10.2.